The summed E-state index contributed by atoms with van der Waals surface area (Å²) in [6.07, 6.45) is -0.139. The Labute approximate surface area is 187 Å². The Morgan fingerprint density at radius 2 is 1.73 bits per heavy atom. The van der Waals surface area contributed by atoms with Gasteiger partial charge in [-0.15, -0.1) is 0 Å². The molecule has 1 unspecified atom stereocenters. The predicted octanol–water partition coefficient (Wildman–Crippen LogP) is 5.22. The van der Waals surface area contributed by atoms with Gasteiger partial charge in [-0.3, -0.25) is 4.79 Å². The highest BCUT2D eigenvalue weighted by Crippen LogP contribution is 2.48. The number of hydrogen-bond acceptors (Lipinski definition) is 3. The molecule has 1 aromatic heterocycles. The molecule has 4 aromatic rings. The predicted molar refractivity (Wildman–Crippen MR) is 116 cm³/mol. The van der Waals surface area contributed by atoms with E-state index in [4.69, 9.17) is 4.74 Å². The van der Waals surface area contributed by atoms with Crippen molar-refractivity contribution in [2.45, 2.75) is 18.3 Å². The number of ether oxygens (including phenoxy) is 1. The van der Waals surface area contributed by atoms with Gasteiger partial charge in [-0.1, -0.05) is 54.6 Å². The molecule has 5 rings (SSSR count). The third kappa shape index (κ3) is 3.44. The maximum Gasteiger partial charge on any atom is 0.418 e. The van der Waals surface area contributed by atoms with Gasteiger partial charge < -0.3 is 14.6 Å². The third-order valence-electron chi connectivity index (χ3n) is 5.74. The molecule has 3 aromatic carbocycles. The quantitative estimate of drug-likeness (QED) is 0.454. The van der Waals surface area contributed by atoms with E-state index in [1.54, 1.807) is 30.5 Å². The lowest BCUT2D eigenvalue weighted by atomic mass is 9.83. The summed E-state index contributed by atoms with van der Waals surface area (Å²) in [6, 6.07) is 20.2. The van der Waals surface area contributed by atoms with Gasteiger partial charge in [-0.25, -0.2) is 4.98 Å². The highest BCUT2D eigenvalue weighted by molar-refractivity contribution is 6.09. The molecular weight excluding hydrogens is 431 g/mol. The second kappa shape index (κ2) is 7.81. The molecule has 2 heterocycles. The van der Waals surface area contributed by atoms with Crippen molar-refractivity contribution in [3.8, 4) is 5.75 Å². The summed E-state index contributed by atoms with van der Waals surface area (Å²) in [4.78, 5) is 17.4. The van der Waals surface area contributed by atoms with E-state index in [1.165, 1.54) is 29.2 Å². The Morgan fingerprint density at radius 1 is 0.970 bits per heavy atom. The lowest BCUT2D eigenvalue weighted by molar-refractivity contribution is -0.136. The van der Waals surface area contributed by atoms with Crippen LogP contribution in [-0.4, -0.2) is 15.5 Å². The van der Waals surface area contributed by atoms with Crippen molar-refractivity contribution in [2.24, 2.45) is 0 Å². The largest absolute Gasteiger partial charge is 0.489 e. The normalized spacial score (nSPS) is 17.5. The first-order valence-corrected chi connectivity index (χ1v) is 10.2. The van der Waals surface area contributed by atoms with Gasteiger partial charge in [0.2, 0.25) is 0 Å². The number of hydrogen-bond donors (Lipinski definition) is 1. The molecule has 0 spiro atoms. The Bertz CT molecular complexity index is 1290. The van der Waals surface area contributed by atoms with Gasteiger partial charge in [0.15, 0.2) is 5.54 Å². The zero-order valence-electron chi connectivity index (χ0n) is 17.2. The van der Waals surface area contributed by atoms with Crippen LogP contribution in [0.1, 0.15) is 22.3 Å². The molecule has 33 heavy (non-hydrogen) atoms. The van der Waals surface area contributed by atoms with Gasteiger partial charge >= 0.3 is 6.18 Å². The number of nitrogens with zero attached hydrogens (tertiary/aromatic N) is 2. The summed E-state index contributed by atoms with van der Waals surface area (Å²) in [5.41, 5.74) is -0.974. The summed E-state index contributed by atoms with van der Waals surface area (Å²) in [5, 5.41) is 2.47. The maximum atomic E-state index is 13.7. The minimum atomic E-state index is -4.61. The SMILES string of the molecule is O=C1Nc2c(C(F)(F)F)cccc2C1(c1ccc(OCc2ccccc2)cc1)n1ccnc1. The van der Waals surface area contributed by atoms with Crippen molar-refractivity contribution in [3.63, 3.8) is 0 Å². The number of rotatable bonds is 5. The van der Waals surface area contributed by atoms with Crippen LogP contribution in [0.3, 0.4) is 0 Å². The number of carbonyl (C=O) groups excluding carboxylic acids is 1. The molecule has 1 aliphatic heterocycles. The number of imidazole rings is 1. The Kier molecular flexibility index (Phi) is 4.92. The van der Waals surface area contributed by atoms with Crippen LogP contribution in [0.4, 0.5) is 18.9 Å². The molecule has 0 radical (unpaired) electrons. The summed E-state index contributed by atoms with van der Waals surface area (Å²) in [7, 11) is 0. The van der Waals surface area contributed by atoms with E-state index in [1.807, 2.05) is 30.3 Å². The lowest BCUT2D eigenvalue weighted by Gasteiger charge is -2.30. The zero-order chi connectivity index (χ0) is 23.1. The van der Waals surface area contributed by atoms with E-state index in [2.05, 4.69) is 10.3 Å². The number of halogens is 3. The molecule has 1 aliphatic rings. The molecule has 5 nitrogen and oxygen atoms in total. The lowest BCUT2D eigenvalue weighted by Crippen LogP contribution is -2.42. The minimum absolute atomic E-state index is 0.207. The average molecular weight is 449 g/mol. The van der Waals surface area contributed by atoms with Crippen LogP contribution >= 0.6 is 0 Å². The molecule has 0 aliphatic carbocycles. The number of aromatic nitrogens is 2. The van der Waals surface area contributed by atoms with Crippen LogP contribution in [0.25, 0.3) is 0 Å². The molecule has 1 N–H and O–H groups in total. The summed E-state index contributed by atoms with van der Waals surface area (Å²) >= 11 is 0. The molecule has 1 atom stereocenters. The second-order valence-electron chi connectivity index (χ2n) is 7.66. The van der Waals surface area contributed by atoms with Gasteiger partial charge in [0.05, 0.1) is 17.6 Å². The number of amides is 1. The number of anilines is 1. The van der Waals surface area contributed by atoms with Crippen molar-refractivity contribution in [1.29, 1.82) is 0 Å². The van der Waals surface area contributed by atoms with Crippen LogP contribution in [-0.2, 0) is 23.1 Å². The second-order valence-corrected chi connectivity index (χ2v) is 7.66. The molecule has 0 bridgehead atoms. The molecule has 8 heteroatoms. The van der Waals surface area contributed by atoms with E-state index < -0.39 is 23.2 Å². The van der Waals surface area contributed by atoms with Crippen LogP contribution in [0.5, 0.6) is 5.75 Å². The molecule has 0 saturated carbocycles. The first-order chi connectivity index (χ1) is 15.9. The van der Waals surface area contributed by atoms with E-state index in [9.17, 15) is 18.0 Å². The van der Waals surface area contributed by atoms with Gasteiger partial charge in [-0.2, -0.15) is 13.2 Å². The van der Waals surface area contributed by atoms with Crippen molar-refractivity contribution < 1.29 is 22.7 Å². The first kappa shape index (κ1) is 20.8. The van der Waals surface area contributed by atoms with E-state index >= 15 is 0 Å². The van der Waals surface area contributed by atoms with E-state index in [-0.39, 0.29) is 11.3 Å². The van der Waals surface area contributed by atoms with Gasteiger partial charge in [-0.05, 0) is 29.3 Å². The molecule has 1 amide bonds. The molecule has 0 saturated heterocycles. The third-order valence-corrected chi connectivity index (χ3v) is 5.74. The maximum absolute atomic E-state index is 13.7. The monoisotopic (exact) mass is 449 g/mol. The number of para-hydroxylation sites is 1. The smallest absolute Gasteiger partial charge is 0.418 e. The van der Waals surface area contributed by atoms with Crippen LogP contribution in [0.15, 0.2) is 91.5 Å². The Morgan fingerprint density at radius 3 is 2.39 bits per heavy atom. The number of fused-ring (bicyclic) bond motifs is 1. The number of nitrogens with one attached hydrogen (secondary N) is 1. The molecular formula is C25H18F3N3O2. The highest BCUT2D eigenvalue weighted by Gasteiger charge is 2.52. The minimum Gasteiger partial charge on any atom is -0.489 e. The van der Waals surface area contributed by atoms with Crippen LogP contribution < -0.4 is 10.1 Å². The number of benzene rings is 3. The van der Waals surface area contributed by atoms with Crippen LogP contribution in [0.2, 0.25) is 0 Å². The van der Waals surface area contributed by atoms with Crippen molar-refractivity contribution in [3.05, 3.63) is 114 Å². The summed E-state index contributed by atoms with van der Waals surface area (Å²) in [5.74, 6) is -0.0174. The molecule has 0 fully saturated rings. The van der Waals surface area contributed by atoms with Crippen molar-refractivity contribution >= 4 is 11.6 Å². The average Bonchev–Trinajstić information content (AvgIpc) is 3.44. The Hall–Kier alpha value is -4.07. The fraction of sp³-hybridized carbons (Fsp3) is 0.120. The van der Waals surface area contributed by atoms with Gasteiger partial charge in [0.1, 0.15) is 12.4 Å². The van der Waals surface area contributed by atoms with Crippen molar-refractivity contribution in [1.82, 2.24) is 9.55 Å². The fourth-order valence-corrected chi connectivity index (χ4v) is 4.23. The summed E-state index contributed by atoms with van der Waals surface area (Å²) in [6.45, 7) is 0.366. The van der Waals surface area contributed by atoms with E-state index in [0.29, 0.717) is 17.9 Å². The zero-order valence-corrected chi connectivity index (χ0v) is 17.2. The highest BCUT2D eigenvalue weighted by atomic mass is 19.4. The van der Waals surface area contributed by atoms with Gasteiger partial charge in [0, 0.05) is 18.0 Å². The van der Waals surface area contributed by atoms with Gasteiger partial charge in [0.25, 0.3) is 5.91 Å². The topological polar surface area (TPSA) is 56.1 Å². The number of alkyl halides is 3. The standard InChI is InChI=1S/C25H18F3N3O2/c26-25(27,28)21-8-4-7-20-22(21)30-23(32)24(20,31-14-13-29-16-31)18-9-11-19(12-10-18)33-15-17-5-2-1-3-6-17/h1-14,16H,15H2,(H,30,32). The fourth-order valence-electron chi connectivity index (χ4n) is 4.23. The first-order valence-electron chi connectivity index (χ1n) is 10.2. The van der Waals surface area contributed by atoms with E-state index in [0.717, 1.165) is 11.6 Å². The number of carbonyl (C=O) groups is 1. The van der Waals surface area contributed by atoms with Crippen molar-refractivity contribution in [2.75, 3.05) is 5.32 Å². The Balaban J connectivity index is 1.58. The van der Waals surface area contributed by atoms with Crippen LogP contribution in [0, 0.1) is 0 Å². The summed E-state index contributed by atoms with van der Waals surface area (Å²) < 4.78 is 48.3. The molecule has 166 valence electrons.